The van der Waals surface area contributed by atoms with Gasteiger partial charge in [-0.05, 0) is 19.3 Å². The molecule has 0 aromatic carbocycles. The second-order valence-electron chi connectivity index (χ2n) is 5.32. The average molecular weight is 253 g/mol. The van der Waals surface area contributed by atoms with E-state index in [4.69, 9.17) is 4.74 Å². The summed E-state index contributed by atoms with van der Waals surface area (Å²) in [5.74, 6) is 0.576. The van der Waals surface area contributed by atoms with Crippen LogP contribution in [-0.2, 0) is 14.3 Å². The normalized spacial score (nSPS) is 32.9. The molecule has 4 nitrogen and oxygen atoms in total. The van der Waals surface area contributed by atoms with Crippen LogP contribution < -0.4 is 0 Å². The Bertz CT molecular complexity index is 329. The lowest BCUT2D eigenvalue weighted by molar-refractivity contribution is -0.142. The van der Waals surface area contributed by atoms with Gasteiger partial charge in [0.15, 0.2) is 0 Å². The highest BCUT2D eigenvalue weighted by molar-refractivity contribution is 5.86. The summed E-state index contributed by atoms with van der Waals surface area (Å²) in [6.07, 6.45) is 3.16. The largest absolute Gasteiger partial charge is 0.377 e. The minimum Gasteiger partial charge on any atom is -0.377 e. The second kappa shape index (κ2) is 5.83. The van der Waals surface area contributed by atoms with Gasteiger partial charge >= 0.3 is 0 Å². The first kappa shape index (κ1) is 13.5. The van der Waals surface area contributed by atoms with Crippen molar-refractivity contribution < 1.29 is 14.3 Å². The molecule has 2 rings (SSSR count). The van der Waals surface area contributed by atoms with Crippen molar-refractivity contribution in [1.29, 1.82) is 0 Å². The number of carbonyl (C=O) groups excluding carboxylic acids is 2. The van der Waals surface area contributed by atoms with Gasteiger partial charge in [-0.25, -0.2) is 0 Å². The fourth-order valence-electron chi connectivity index (χ4n) is 3.03. The minimum absolute atomic E-state index is 0.0145. The number of ether oxygens (including phenoxy) is 1. The third-order valence-electron chi connectivity index (χ3n) is 4.26. The van der Waals surface area contributed by atoms with E-state index in [1.807, 2.05) is 11.8 Å². The number of hydrogen-bond acceptors (Lipinski definition) is 3. The zero-order valence-electron chi connectivity index (χ0n) is 11.4. The monoisotopic (exact) mass is 253 g/mol. The van der Waals surface area contributed by atoms with Crippen molar-refractivity contribution in [2.45, 2.75) is 45.6 Å². The second-order valence-corrected chi connectivity index (χ2v) is 5.32. The number of ketones is 1. The topological polar surface area (TPSA) is 46.6 Å². The molecule has 4 heteroatoms. The van der Waals surface area contributed by atoms with Crippen LogP contribution in [0.2, 0.25) is 0 Å². The SMILES string of the molecule is CCC1CN(C(=O)C2CCOC2CC)CCC1=O. The van der Waals surface area contributed by atoms with E-state index in [2.05, 4.69) is 6.92 Å². The Labute approximate surface area is 109 Å². The summed E-state index contributed by atoms with van der Waals surface area (Å²) < 4.78 is 5.59. The summed E-state index contributed by atoms with van der Waals surface area (Å²) in [7, 11) is 0. The van der Waals surface area contributed by atoms with E-state index in [0.29, 0.717) is 31.9 Å². The van der Waals surface area contributed by atoms with Gasteiger partial charge in [-0.2, -0.15) is 0 Å². The van der Waals surface area contributed by atoms with Gasteiger partial charge in [0.2, 0.25) is 5.91 Å². The molecule has 1 amide bonds. The summed E-state index contributed by atoms with van der Waals surface area (Å²) in [4.78, 5) is 26.0. The zero-order chi connectivity index (χ0) is 13.1. The number of carbonyl (C=O) groups is 2. The Kier molecular flexibility index (Phi) is 4.38. The van der Waals surface area contributed by atoms with Crippen LogP contribution in [0.4, 0.5) is 0 Å². The molecule has 0 radical (unpaired) electrons. The van der Waals surface area contributed by atoms with Crippen LogP contribution in [0.5, 0.6) is 0 Å². The van der Waals surface area contributed by atoms with Crippen molar-refractivity contribution in [1.82, 2.24) is 4.90 Å². The van der Waals surface area contributed by atoms with Gasteiger partial charge in [-0.15, -0.1) is 0 Å². The van der Waals surface area contributed by atoms with Gasteiger partial charge in [-0.3, -0.25) is 9.59 Å². The lowest BCUT2D eigenvalue weighted by atomic mass is 9.91. The van der Waals surface area contributed by atoms with Crippen molar-refractivity contribution in [3.63, 3.8) is 0 Å². The van der Waals surface area contributed by atoms with E-state index >= 15 is 0 Å². The molecule has 0 saturated carbocycles. The zero-order valence-corrected chi connectivity index (χ0v) is 11.4. The lowest BCUT2D eigenvalue weighted by Crippen LogP contribution is -2.47. The molecule has 0 aromatic rings. The summed E-state index contributed by atoms with van der Waals surface area (Å²) in [6.45, 7) is 5.98. The van der Waals surface area contributed by atoms with Crippen LogP contribution in [0.15, 0.2) is 0 Å². The molecule has 102 valence electrons. The Balaban J connectivity index is 1.98. The standard InChI is InChI=1S/C14H23NO3/c1-3-10-9-15(7-5-12(10)16)14(17)11-6-8-18-13(11)4-2/h10-11,13H,3-9H2,1-2H3. The van der Waals surface area contributed by atoms with Crippen LogP contribution in [0.3, 0.4) is 0 Å². The maximum Gasteiger partial charge on any atom is 0.228 e. The molecule has 2 saturated heterocycles. The van der Waals surface area contributed by atoms with E-state index in [0.717, 1.165) is 19.3 Å². The maximum atomic E-state index is 12.5. The number of amides is 1. The number of rotatable bonds is 3. The van der Waals surface area contributed by atoms with Crippen molar-refractivity contribution >= 4 is 11.7 Å². The number of nitrogens with zero attached hydrogens (tertiary/aromatic N) is 1. The molecule has 2 aliphatic rings. The third kappa shape index (κ3) is 2.58. The molecule has 0 N–H and O–H groups in total. The average Bonchev–Trinajstić information content (AvgIpc) is 2.86. The lowest BCUT2D eigenvalue weighted by Gasteiger charge is -2.33. The van der Waals surface area contributed by atoms with Gasteiger partial charge < -0.3 is 9.64 Å². The quantitative estimate of drug-likeness (QED) is 0.768. The van der Waals surface area contributed by atoms with Gasteiger partial charge in [0.25, 0.3) is 0 Å². The molecule has 3 atom stereocenters. The molecule has 0 spiro atoms. The molecular formula is C14H23NO3. The van der Waals surface area contributed by atoms with Gasteiger partial charge in [0, 0.05) is 32.0 Å². The third-order valence-corrected chi connectivity index (χ3v) is 4.26. The fraction of sp³-hybridized carbons (Fsp3) is 0.857. The first-order valence-corrected chi connectivity index (χ1v) is 7.10. The fourth-order valence-corrected chi connectivity index (χ4v) is 3.03. The first-order valence-electron chi connectivity index (χ1n) is 7.10. The van der Waals surface area contributed by atoms with E-state index in [1.54, 1.807) is 0 Å². The minimum atomic E-state index is 0.0145. The molecule has 0 bridgehead atoms. The molecule has 0 aromatic heterocycles. The molecule has 0 aliphatic carbocycles. The van der Waals surface area contributed by atoms with Crippen LogP contribution >= 0.6 is 0 Å². The van der Waals surface area contributed by atoms with Crippen LogP contribution in [0.1, 0.15) is 39.5 Å². The first-order chi connectivity index (χ1) is 8.67. The van der Waals surface area contributed by atoms with E-state index in [1.165, 1.54) is 0 Å². The molecule has 3 unspecified atom stereocenters. The Morgan fingerprint density at radius 2 is 2.17 bits per heavy atom. The van der Waals surface area contributed by atoms with Crippen LogP contribution in [0, 0.1) is 11.8 Å². The highest BCUT2D eigenvalue weighted by Crippen LogP contribution is 2.27. The molecule has 2 aliphatic heterocycles. The Morgan fingerprint density at radius 1 is 1.39 bits per heavy atom. The molecular weight excluding hydrogens is 230 g/mol. The van der Waals surface area contributed by atoms with Crippen molar-refractivity contribution in [2.75, 3.05) is 19.7 Å². The maximum absolute atomic E-state index is 12.5. The number of Topliss-reactive ketones (excluding diaryl/α,β-unsaturated/α-hetero) is 1. The predicted molar refractivity (Wildman–Crippen MR) is 68.1 cm³/mol. The van der Waals surface area contributed by atoms with Crippen molar-refractivity contribution in [3.05, 3.63) is 0 Å². The summed E-state index contributed by atoms with van der Waals surface area (Å²) in [6, 6.07) is 0. The predicted octanol–water partition coefficient (Wildman–Crippen LogP) is 1.63. The highest BCUT2D eigenvalue weighted by atomic mass is 16.5. The number of piperidine rings is 1. The van der Waals surface area contributed by atoms with E-state index in [9.17, 15) is 9.59 Å². The van der Waals surface area contributed by atoms with Crippen LogP contribution in [0.25, 0.3) is 0 Å². The molecule has 2 fully saturated rings. The summed E-state index contributed by atoms with van der Waals surface area (Å²) in [5, 5.41) is 0. The number of hydrogen-bond donors (Lipinski definition) is 0. The van der Waals surface area contributed by atoms with Crippen molar-refractivity contribution in [3.8, 4) is 0 Å². The summed E-state index contributed by atoms with van der Waals surface area (Å²) in [5.41, 5.74) is 0. The highest BCUT2D eigenvalue weighted by Gasteiger charge is 2.38. The molecule has 18 heavy (non-hydrogen) atoms. The molecule has 2 heterocycles. The Morgan fingerprint density at radius 3 is 2.83 bits per heavy atom. The van der Waals surface area contributed by atoms with E-state index < -0.39 is 0 Å². The number of likely N-dealkylation sites (tertiary alicyclic amines) is 1. The van der Waals surface area contributed by atoms with Gasteiger partial charge in [-0.1, -0.05) is 13.8 Å². The smallest absolute Gasteiger partial charge is 0.228 e. The van der Waals surface area contributed by atoms with Crippen molar-refractivity contribution in [2.24, 2.45) is 11.8 Å². The Hall–Kier alpha value is -0.900. The van der Waals surface area contributed by atoms with Gasteiger partial charge in [0.1, 0.15) is 5.78 Å². The summed E-state index contributed by atoms with van der Waals surface area (Å²) >= 11 is 0. The van der Waals surface area contributed by atoms with Gasteiger partial charge in [0.05, 0.1) is 12.0 Å². The van der Waals surface area contributed by atoms with E-state index in [-0.39, 0.29) is 23.8 Å². The van der Waals surface area contributed by atoms with Crippen LogP contribution in [-0.4, -0.2) is 42.4 Å².